The van der Waals surface area contributed by atoms with Crippen molar-refractivity contribution in [2.75, 3.05) is 0 Å². The molecule has 5 nitrogen and oxygen atoms in total. The quantitative estimate of drug-likeness (QED) is 0.686. The number of carbonyl (C=O) groups is 1. The lowest BCUT2D eigenvalue weighted by atomic mass is 10.1. The van der Waals surface area contributed by atoms with Gasteiger partial charge in [-0.25, -0.2) is 9.37 Å². The maximum atomic E-state index is 13.5. The van der Waals surface area contributed by atoms with Gasteiger partial charge in [-0.15, -0.1) is 11.3 Å². The number of fused-ring (bicyclic) bond motifs is 1. The summed E-state index contributed by atoms with van der Waals surface area (Å²) in [5.41, 5.74) is 4.22. The third-order valence-electron chi connectivity index (χ3n) is 4.88. The van der Waals surface area contributed by atoms with Crippen LogP contribution in [-0.4, -0.2) is 25.6 Å². The summed E-state index contributed by atoms with van der Waals surface area (Å²) in [6.07, 6.45) is 0.772. The number of rotatable bonds is 4. The second-order valence-corrected chi connectivity index (χ2v) is 8.14. The molecule has 0 saturated carbocycles. The van der Waals surface area contributed by atoms with Crippen LogP contribution in [0.3, 0.4) is 0 Å². The van der Waals surface area contributed by atoms with Crippen LogP contribution in [0.25, 0.3) is 11.3 Å². The average Bonchev–Trinajstić information content (AvgIpc) is 3.29. The van der Waals surface area contributed by atoms with Crippen LogP contribution in [0.5, 0.6) is 0 Å². The minimum absolute atomic E-state index is 0.0393. The van der Waals surface area contributed by atoms with Crippen LogP contribution in [0.1, 0.15) is 33.8 Å². The Morgan fingerprint density at radius 2 is 2.07 bits per heavy atom. The number of hydrogen-bond acceptors (Lipinski definition) is 4. The van der Waals surface area contributed by atoms with E-state index < -0.39 is 0 Å². The molecule has 0 unspecified atom stereocenters. The van der Waals surface area contributed by atoms with E-state index in [-0.39, 0.29) is 18.3 Å². The zero-order valence-corrected chi connectivity index (χ0v) is 16.4. The van der Waals surface area contributed by atoms with E-state index in [2.05, 4.69) is 10.1 Å². The molecule has 3 heterocycles. The Bertz CT molecular complexity index is 1000. The number of aromatic nitrogens is 3. The zero-order valence-electron chi connectivity index (χ0n) is 15.6. The Labute approximate surface area is 161 Å². The number of nitrogens with zero attached hydrogens (tertiary/aromatic N) is 4. The van der Waals surface area contributed by atoms with E-state index in [0.717, 1.165) is 34.1 Å². The summed E-state index contributed by atoms with van der Waals surface area (Å²) in [6.45, 7) is 7.18. The lowest BCUT2D eigenvalue weighted by molar-refractivity contribution is -0.132. The third-order valence-corrected chi connectivity index (χ3v) is 5.88. The van der Waals surface area contributed by atoms with Gasteiger partial charge in [0.15, 0.2) is 0 Å². The van der Waals surface area contributed by atoms with Gasteiger partial charge in [-0.2, -0.15) is 5.10 Å². The summed E-state index contributed by atoms with van der Waals surface area (Å²) >= 11 is 1.66. The number of benzene rings is 1. The van der Waals surface area contributed by atoms with Crippen molar-refractivity contribution >= 4 is 17.2 Å². The normalized spacial score (nSPS) is 13.3. The van der Waals surface area contributed by atoms with E-state index in [1.54, 1.807) is 35.1 Å². The summed E-state index contributed by atoms with van der Waals surface area (Å²) in [5.74, 6) is -0.188. The highest BCUT2D eigenvalue weighted by Gasteiger charge is 2.27. The smallest absolute Gasteiger partial charge is 0.244 e. The molecule has 0 atom stereocenters. The maximum absolute atomic E-state index is 13.5. The Kier molecular flexibility index (Phi) is 4.55. The molecular formula is C20H21FN4OS. The molecule has 1 aliphatic heterocycles. The monoisotopic (exact) mass is 384 g/mol. The van der Waals surface area contributed by atoms with E-state index in [9.17, 15) is 9.18 Å². The SMILES string of the molecule is CCc1cc(-c2ccc(F)c(C)c2)nn1CC(=O)N1Cc2nc(C)sc2C1. The van der Waals surface area contributed by atoms with Gasteiger partial charge in [0.25, 0.3) is 0 Å². The van der Waals surface area contributed by atoms with Gasteiger partial charge >= 0.3 is 0 Å². The molecule has 27 heavy (non-hydrogen) atoms. The topological polar surface area (TPSA) is 51.0 Å². The van der Waals surface area contributed by atoms with Crippen molar-refractivity contribution in [2.24, 2.45) is 0 Å². The van der Waals surface area contributed by atoms with Crippen molar-refractivity contribution in [3.63, 3.8) is 0 Å². The molecule has 0 N–H and O–H groups in total. The van der Waals surface area contributed by atoms with E-state index >= 15 is 0 Å². The first kappa shape index (κ1) is 17.9. The molecule has 0 aliphatic carbocycles. The van der Waals surface area contributed by atoms with Gasteiger partial charge in [-0.1, -0.05) is 6.92 Å². The number of carbonyl (C=O) groups excluding carboxylic acids is 1. The summed E-state index contributed by atoms with van der Waals surface area (Å²) in [5, 5.41) is 5.67. The van der Waals surface area contributed by atoms with Crippen molar-refractivity contribution < 1.29 is 9.18 Å². The molecule has 1 amide bonds. The van der Waals surface area contributed by atoms with Gasteiger partial charge in [0.2, 0.25) is 5.91 Å². The van der Waals surface area contributed by atoms with Gasteiger partial charge < -0.3 is 4.90 Å². The summed E-state index contributed by atoms with van der Waals surface area (Å²) < 4.78 is 15.3. The average molecular weight is 384 g/mol. The van der Waals surface area contributed by atoms with Gasteiger partial charge in [0, 0.05) is 16.1 Å². The Balaban J connectivity index is 1.53. The fourth-order valence-electron chi connectivity index (χ4n) is 3.40. The first-order valence-corrected chi connectivity index (χ1v) is 9.82. The van der Waals surface area contributed by atoms with Crippen molar-refractivity contribution in [3.8, 4) is 11.3 Å². The lowest BCUT2D eigenvalue weighted by Gasteiger charge is -2.16. The van der Waals surface area contributed by atoms with Gasteiger partial charge in [0.05, 0.1) is 29.5 Å². The fourth-order valence-corrected chi connectivity index (χ4v) is 4.36. The van der Waals surface area contributed by atoms with E-state index in [0.29, 0.717) is 18.7 Å². The molecular weight excluding hydrogens is 363 g/mol. The fraction of sp³-hybridized carbons (Fsp3) is 0.350. The van der Waals surface area contributed by atoms with E-state index in [1.165, 1.54) is 10.9 Å². The molecule has 7 heteroatoms. The van der Waals surface area contributed by atoms with Gasteiger partial charge in [-0.05, 0) is 50.1 Å². The molecule has 0 spiro atoms. The number of aryl methyl sites for hydroxylation is 3. The highest BCUT2D eigenvalue weighted by molar-refractivity contribution is 7.11. The van der Waals surface area contributed by atoms with Gasteiger partial charge in [0.1, 0.15) is 12.4 Å². The van der Waals surface area contributed by atoms with Crippen molar-refractivity contribution in [1.29, 1.82) is 0 Å². The molecule has 4 rings (SSSR count). The van der Waals surface area contributed by atoms with E-state index in [1.807, 2.05) is 24.8 Å². The predicted molar refractivity (Wildman–Crippen MR) is 103 cm³/mol. The Morgan fingerprint density at radius 1 is 1.26 bits per heavy atom. The minimum Gasteiger partial charge on any atom is -0.330 e. The summed E-state index contributed by atoms with van der Waals surface area (Å²) in [4.78, 5) is 20.3. The van der Waals surface area contributed by atoms with Crippen LogP contribution in [0.15, 0.2) is 24.3 Å². The number of hydrogen-bond donors (Lipinski definition) is 0. The number of thiazole rings is 1. The molecule has 2 aromatic heterocycles. The predicted octanol–water partition coefficient (Wildman–Crippen LogP) is 3.87. The second-order valence-electron chi connectivity index (χ2n) is 6.85. The van der Waals surface area contributed by atoms with E-state index in [4.69, 9.17) is 0 Å². The standard InChI is InChI=1S/C20H21FN4OS/c1-4-15-8-17(14-5-6-16(21)12(2)7-14)23-25(15)11-20(26)24-9-18-19(10-24)27-13(3)22-18/h5-8H,4,9-11H2,1-3H3. The zero-order chi connectivity index (χ0) is 19.1. The Hall–Kier alpha value is -2.54. The molecule has 0 bridgehead atoms. The van der Waals surface area contributed by atoms with Crippen LogP contribution in [0, 0.1) is 19.7 Å². The summed E-state index contributed by atoms with van der Waals surface area (Å²) in [6, 6.07) is 6.95. The molecule has 1 aliphatic rings. The first-order chi connectivity index (χ1) is 12.9. The van der Waals surface area contributed by atoms with Gasteiger partial charge in [-0.3, -0.25) is 9.48 Å². The maximum Gasteiger partial charge on any atom is 0.244 e. The summed E-state index contributed by atoms with van der Waals surface area (Å²) in [7, 11) is 0. The number of halogens is 1. The van der Waals surface area contributed by atoms with Crippen LogP contribution < -0.4 is 0 Å². The lowest BCUT2D eigenvalue weighted by Crippen LogP contribution is -2.30. The molecule has 1 aromatic carbocycles. The van der Waals surface area contributed by atoms with Crippen molar-refractivity contribution in [2.45, 2.75) is 46.8 Å². The highest BCUT2D eigenvalue weighted by atomic mass is 32.1. The molecule has 0 saturated heterocycles. The minimum atomic E-state index is -0.227. The number of amides is 1. The van der Waals surface area contributed by atoms with Crippen LogP contribution >= 0.6 is 11.3 Å². The molecule has 140 valence electrons. The first-order valence-electron chi connectivity index (χ1n) is 9.00. The molecule has 3 aromatic rings. The van der Waals surface area contributed by atoms with Crippen molar-refractivity contribution in [1.82, 2.24) is 19.7 Å². The van der Waals surface area contributed by atoms with Crippen LogP contribution in [0.4, 0.5) is 4.39 Å². The molecule has 0 fully saturated rings. The third kappa shape index (κ3) is 3.39. The largest absolute Gasteiger partial charge is 0.330 e. The molecule has 0 radical (unpaired) electrons. The van der Waals surface area contributed by atoms with Crippen molar-refractivity contribution in [3.05, 3.63) is 56.9 Å². The van der Waals surface area contributed by atoms with Crippen LogP contribution in [-0.2, 0) is 30.8 Å². The second kappa shape index (κ2) is 6.88. The Morgan fingerprint density at radius 3 is 2.78 bits per heavy atom. The highest BCUT2D eigenvalue weighted by Crippen LogP contribution is 2.28. The van der Waals surface area contributed by atoms with Crippen LogP contribution in [0.2, 0.25) is 0 Å².